The molecular weight excluding hydrogens is 350 g/mol. The summed E-state index contributed by atoms with van der Waals surface area (Å²) in [7, 11) is -3.26. The van der Waals surface area contributed by atoms with Crippen molar-refractivity contribution in [2.24, 2.45) is 0 Å². The molecule has 1 atom stereocenters. The molecule has 0 saturated heterocycles. The predicted molar refractivity (Wildman–Crippen MR) is 90.2 cm³/mol. The first-order chi connectivity index (χ1) is 11.5. The first-order valence-corrected chi connectivity index (χ1v) is 10.2. The van der Waals surface area contributed by atoms with E-state index >= 15 is 0 Å². The second kappa shape index (κ2) is 6.99. The summed E-state index contributed by atoms with van der Waals surface area (Å²) in [5.41, 5.74) is 2.88. The zero-order valence-electron chi connectivity index (χ0n) is 13.3. The molecule has 130 valence electrons. The number of carbonyl (C=O) groups is 1. The fourth-order valence-electron chi connectivity index (χ4n) is 2.73. The monoisotopic (exact) mass is 369 g/mol. The predicted octanol–water partition coefficient (Wildman–Crippen LogP) is 0.866. The number of nitrogens with zero attached hydrogens (tertiary/aromatic N) is 4. The van der Waals surface area contributed by atoms with Crippen LogP contribution in [0, 0.1) is 0 Å². The maximum absolute atomic E-state index is 12.2. The minimum absolute atomic E-state index is 0.0778. The third kappa shape index (κ3) is 3.50. The molecule has 0 fully saturated rings. The van der Waals surface area contributed by atoms with Crippen LogP contribution in [0.1, 0.15) is 35.6 Å². The summed E-state index contributed by atoms with van der Waals surface area (Å²) < 4.78 is 27.7. The SMILES string of the molecule is CCS(=O)(=O)N1Cc2ccnn2[C@H](CCNC(=O)c2cscn2)C1. The second-order valence-electron chi connectivity index (χ2n) is 5.53. The number of aromatic nitrogens is 3. The van der Waals surface area contributed by atoms with E-state index in [1.54, 1.807) is 24.0 Å². The average molecular weight is 369 g/mol. The Hall–Kier alpha value is -1.78. The van der Waals surface area contributed by atoms with Crippen LogP contribution in [-0.2, 0) is 16.6 Å². The Kier molecular flexibility index (Phi) is 4.97. The molecule has 2 aromatic heterocycles. The van der Waals surface area contributed by atoms with Crippen LogP contribution in [0.5, 0.6) is 0 Å². The first-order valence-electron chi connectivity index (χ1n) is 7.68. The van der Waals surface area contributed by atoms with E-state index in [1.165, 1.54) is 15.6 Å². The van der Waals surface area contributed by atoms with Gasteiger partial charge in [0.25, 0.3) is 5.91 Å². The van der Waals surface area contributed by atoms with Crippen LogP contribution in [0.2, 0.25) is 0 Å². The molecule has 24 heavy (non-hydrogen) atoms. The van der Waals surface area contributed by atoms with Gasteiger partial charge in [-0.05, 0) is 19.4 Å². The largest absolute Gasteiger partial charge is 0.351 e. The van der Waals surface area contributed by atoms with Crippen LogP contribution < -0.4 is 5.32 Å². The van der Waals surface area contributed by atoms with Crippen molar-refractivity contribution in [1.82, 2.24) is 24.4 Å². The highest BCUT2D eigenvalue weighted by atomic mass is 32.2. The van der Waals surface area contributed by atoms with E-state index < -0.39 is 10.0 Å². The Morgan fingerprint density at radius 1 is 1.50 bits per heavy atom. The van der Waals surface area contributed by atoms with Crippen molar-refractivity contribution >= 4 is 27.3 Å². The molecule has 0 radical (unpaired) electrons. The molecule has 0 aromatic carbocycles. The van der Waals surface area contributed by atoms with Crippen LogP contribution in [0.3, 0.4) is 0 Å². The maximum Gasteiger partial charge on any atom is 0.270 e. The Bertz CT molecular complexity index is 800. The number of fused-ring (bicyclic) bond motifs is 1. The molecule has 3 rings (SSSR count). The van der Waals surface area contributed by atoms with Gasteiger partial charge in [-0.2, -0.15) is 9.40 Å². The summed E-state index contributed by atoms with van der Waals surface area (Å²) in [6.07, 6.45) is 2.28. The van der Waals surface area contributed by atoms with Gasteiger partial charge >= 0.3 is 0 Å². The highest BCUT2D eigenvalue weighted by Crippen LogP contribution is 2.24. The Labute approximate surface area is 144 Å². The lowest BCUT2D eigenvalue weighted by atomic mass is 10.1. The molecular formula is C14H19N5O3S2. The van der Waals surface area contributed by atoms with Crippen molar-refractivity contribution in [3.8, 4) is 0 Å². The number of amides is 1. The van der Waals surface area contributed by atoms with Gasteiger partial charge in [-0.15, -0.1) is 11.3 Å². The van der Waals surface area contributed by atoms with Crippen molar-refractivity contribution in [2.45, 2.75) is 25.9 Å². The molecule has 0 aliphatic carbocycles. The van der Waals surface area contributed by atoms with Crippen molar-refractivity contribution in [1.29, 1.82) is 0 Å². The number of hydrogen-bond acceptors (Lipinski definition) is 6. The molecule has 3 heterocycles. The van der Waals surface area contributed by atoms with Crippen molar-refractivity contribution < 1.29 is 13.2 Å². The summed E-state index contributed by atoms with van der Waals surface area (Å²) in [6.45, 7) is 2.79. The van der Waals surface area contributed by atoms with E-state index in [4.69, 9.17) is 0 Å². The number of thiazole rings is 1. The summed E-state index contributed by atoms with van der Waals surface area (Å²) in [6, 6.07) is 1.74. The van der Waals surface area contributed by atoms with E-state index in [0.29, 0.717) is 31.7 Å². The van der Waals surface area contributed by atoms with Crippen molar-refractivity contribution in [2.75, 3.05) is 18.8 Å². The van der Waals surface area contributed by atoms with Gasteiger partial charge < -0.3 is 5.32 Å². The number of nitrogens with one attached hydrogen (secondary N) is 1. The summed E-state index contributed by atoms with van der Waals surface area (Å²) in [5, 5.41) is 8.81. The smallest absolute Gasteiger partial charge is 0.270 e. The van der Waals surface area contributed by atoms with E-state index in [0.717, 1.165) is 5.69 Å². The molecule has 8 nitrogen and oxygen atoms in total. The van der Waals surface area contributed by atoms with Crippen LogP contribution in [-0.4, -0.2) is 52.2 Å². The second-order valence-corrected chi connectivity index (χ2v) is 8.51. The fraction of sp³-hybridized carbons (Fsp3) is 0.500. The Balaban J connectivity index is 1.65. The van der Waals surface area contributed by atoms with E-state index in [-0.39, 0.29) is 17.7 Å². The molecule has 1 N–H and O–H groups in total. The standard InChI is InChI=1S/C14H19N5O3S2/c1-2-24(21,22)18-7-11(19-12(8-18)4-6-17-19)3-5-15-14(20)13-9-23-10-16-13/h4,6,9-11H,2-3,5,7-8H2,1H3,(H,15,20)/t11-/m1/s1. The van der Waals surface area contributed by atoms with E-state index in [1.807, 2.05) is 10.7 Å². The average Bonchev–Trinajstić information content (AvgIpc) is 3.25. The molecule has 0 saturated carbocycles. The van der Waals surface area contributed by atoms with Gasteiger partial charge in [-0.25, -0.2) is 13.4 Å². The van der Waals surface area contributed by atoms with Gasteiger partial charge in [-0.3, -0.25) is 9.48 Å². The molecule has 1 aliphatic rings. The lowest BCUT2D eigenvalue weighted by Crippen LogP contribution is -2.42. The van der Waals surface area contributed by atoms with Gasteiger partial charge in [0.05, 0.1) is 29.5 Å². The first kappa shape index (κ1) is 17.1. The molecule has 1 amide bonds. The van der Waals surface area contributed by atoms with E-state index in [9.17, 15) is 13.2 Å². The fourth-order valence-corrected chi connectivity index (χ4v) is 4.35. The van der Waals surface area contributed by atoms with Crippen LogP contribution in [0.4, 0.5) is 0 Å². The number of hydrogen-bond donors (Lipinski definition) is 1. The van der Waals surface area contributed by atoms with Crippen molar-refractivity contribution in [3.63, 3.8) is 0 Å². The van der Waals surface area contributed by atoms with Gasteiger partial charge in [-0.1, -0.05) is 0 Å². The zero-order valence-corrected chi connectivity index (χ0v) is 14.9. The van der Waals surface area contributed by atoms with Gasteiger partial charge in [0.15, 0.2) is 0 Å². The minimum Gasteiger partial charge on any atom is -0.351 e. The zero-order chi connectivity index (χ0) is 17.2. The highest BCUT2D eigenvalue weighted by Gasteiger charge is 2.31. The number of rotatable bonds is 6. The molecule has 0 spiro atoms. The quantitative estimate of drug-likeness (QED) is 0.815. The van der Waals surface area contributed by atoms with Crippen LogP contribution in [0.25, 0.3) is 0 Å². The molecule has 0 bridgehead atoms. The Morgan fingerprint density at radius 3 is 3.04 bits per heavy atom. The van der Waals surface area contributed by atoms with Crippen LogP contribution >= 0.6 is 11.3 Å². The topological polar surface area (TPSA) is 97.2 Å². The van der Waals surface area contributed by atoms with Crippen molar-refractivity contribution in [3.05, 3.63) is 34.5 Å². The number of sulfonamides is 1. The normalized spacial score (nSPS) is 18.3. The minimum atomic E-state index is -3.26. The summed E-state index contributed by atoms with van der Waals surface area (Å²) in [5.74, 6) is -0.139. The molecule has 1 aliphatic heterocycles. The maximum atomic E-state index is 12.2. The lowest BCUT2D eigenvalue weighted by Gasteiger charge is -2.33. The molecule has 2 aromatic rings. The Morgan fingerprint density at radius 2 is 2.33 bits per heavy atom. The highest BCUT2D eigenvalue weighted by molar-refractivity contribution is 7.89. The van der Waals surface area contributed by atoms with Gasteiger partial charge in [0, 0.05) is 24.7 Å². The van der Waals surface area contributed by atoms with Gasteiger partial charge in [0.2, 0.25) is 10.0 Å². The summed E-state index contributed by atoms with van der Waals surface area (Å²) >= 11 is 1.37. The van der Waals surface area contributed by atoms with Gasteiger partial charge in [0.1, 0.15) is 5.69 Å². The number of carbonyl (C=O) groups excluding carboxylic acids is 1. The van der Waals surface area contributed by atoms with Crippen LogP contribution in [0.15, 0.2) is 23.2 Å². The third-order valence-corrected chi connectivity index (χ3v) is 6.42. The third-order valence-electron chi connectivity index (χ3n) is 4.04. The summed E-state index contributed by atoms with van der Waals surface area (Å²) in [4.78, 5) is 15.9. The molecule has 10 heteroatoms. The van der Waals surface area contributed by atoms with E-state index in [2.05, 4.69) is 15.4 Å². The molecule has 0 unspecified atom stereocenters. The lowest BCUT2D eigenvalue weighted by molar-refractivity contribution is 0.0945.